The van der Waals surface area contributed by atoms with Crippen molar-refractivity contribution < 1.29 is 9.90 Å². The number of nitrogens with zero attached hydrogens (tertiary/aromatic N) is 2. The molecule has 5 heteroatoms. The molecule has 3 N–H and O–H groups in total. The van der Waals surface area contributed by atoms with Crippen LogP contribution in [0.25, 0.3) is 0 Å². The number of carbonyl (C=O) groups is 1. The van der Waals surface area contributed by atoms with Gasteiger partial charge in [0.25, 0.3) is 0 Å². The average Bonchev–Trinajstić information content (AvgIpc) is 2.63. The van der Waals surface area contributed by atoms with Crippen LogP contribution in [0.3, 0.4) is 0 Å². The maximum atomic E-state index is 12.7. The van der Waals surface area contributed by atoms with Gasteiger partial charge in [0.15, 0.2) is 0 Å². The molecule has 0 radical (unpaired) electrons. The Morgan fingerprint density at radius 1 is 1.12 bits per heavy atom. The molecular formula is C19H29N3O2. The molecule has 2 fully saturated rings. The van der Waals surface area contributed by atoms with Crippen molar-refractivity contribution in [2.75, 3.05) is 32.7 Å². The molecule has 1 amide bonds. The lowest BCUT2D eigenvalue weighted by Gasteiger charge is -2.38. The van der Waals surface area contributed by atoms with Crippen LogP contribution in [-0.2, 0) is 11.2 Å². The van der Waals surface area contributed by atoms with Crippen LogP contribution in [0.5, 0.6) is 0 Å². The van der Waals surface area contributed by atoms with Crippen LogP contribution < -0.4 is 5.73 Å². The van der Waals surface area contributed by atoms with E-state index in [1.807, 2.05) is 11.0 Å². The second-order valence-corrected chi connectivity index (χ2v) is 7.14. The van der Waals surface area contributed by atoms with Crippen molar-refractivity contribution in [1.29, 1.82) is 0 Å². The van der Waals surface area contributed by atoms with Gasteiger partial charge in [-0.2, -0.15) is 0 Å². The van der Waals surface area contributed by atoms with Crippen LogP contribution >= 0.6 is 0 Å². The molecule has 1 saturated carbocycles. The number of carbonyl (C=O) groups excluding carboxylic acids is 1. The van der Waals surface area contributed by atoms with Crippen LogP contribution in [0.4, 0.5) is 0 Å². The zero-order chi connectivity index (χ0) is 16.9. The molecule has 1 aromatic rings. The molecular weight excluding hydrogens is 302 g/mol. The second-order valence-electron chi connectivity index (χ2n) is 7.14. The van der Waals surface area contributed by atoms with E-state index in [2.05, 4.69) is 29.2 Å². The summed E-state index contributed by atoms with van der Waals surface area (Å²) < 4.78 is 0. The Labute approximate surface area is 144 Å². The van der Waals surface area contributed by atoms with Gasteiger partial charge in [0, 0.05) is 44.7 Å². The van der Waals surface area contributed by atoms with Crippen LogP contribution in [-0.4, -0.2) is 65.7 Å². The molecule has 1 saturated heterocycles. The van der Waals surface area contributed by atoms with Gasteiger partial charge in [0.2, 0.25) is 5.91 Å². The van der Waals surface area contributed by atoms with Gasteiger partial charge in [-0.1, -0.05) is 30.3 Å². The molecule has 3 rings (SSSR count). The quantitative estimate of drug-likeness (QED) is 0.859. The van der Waals surface area contributed by atoms with Gasteiger partial charge < -0.3 is 15.7 Å². The van der Waals surface area contributed by atoms with Gasteiger partial charge in [-0.25, -0.2) is 0 Å². The van der Waals surface area contributed by atoms with E-state index in [4.69, 9.17) is 5.73 Å². The first-order valence-corrected chi connectivity index (χ1v) is 9.12. The number of aliphatic hydroxyl groups excluding tert-OH is 1. The van der Waals surface area contributed by atoms with Crippen LogP contribution in [0.2, 0.25) is 0 Å². The third-order valence-corrected chi connectivity index (χ3v) is 5.45. The number of hydrogen-bond donors (Lipinski definition) is 2. The maximum absolute atomic E-state index is 12.7. The lowest BCUT2D eigenvalue weighted by Crippen LogP contribution is -2.52. The van der Waals surface area contributed by atoms with Crippen molar-refractivity contribution in [2.24, 2.45) is 11.7 Å². The van der Waals surface area contributed by atoms with Gasteiger partial charge in [-0.15, -0.1) is 0 Å². The first-order valence-electron chi connectivity index (χ1n) is 9.12. The zero-order valence-corrected chi connectivity index (χ0v) is 14.3. The number of amides is 1. The van der Waals surface area contributed by atoms with E-state index in [9.17, 15) is 9.90 Å². The van der Waals surface area contributed by atoms with Gasteiger partial charge in [-0.05, 0) is 31.2 Å². The van der Waals surface area contributed by atoms with E-state index in [0.717, 1.165) is 45.6 Å². The monoisotopic (exact) mass is 331 g/mol. The normalized spacial score (nSPS) is 28.8. The SMILES string of the molecule is N[C@@H]1C[C@@H](C(=O)N2CCN(CCc3ccccc3)CC2)CC[C@H]1O. The molecule has 1 aromatic carbocycles. The predicted octanol–water partition coefficient (Wildman–Crippen LogP) is 0.862. The fourth-order valence-corrected chi connectivity index (χ4v) is 3.80. The summed E-state index contributed by atoms with van der Waals surface area (Å²) in [5.41, 5.74) is 7.29. The smallest absolute Gasteiger partial charge is 0.225 e. The van der Waals surface area contributed by atoms with Crippen molar-refractivity contribution in [2.45, 2.75) is 37.8 Å². The molecule has 3 atom stereocenters. The number of hydrogen-bond acceptors (Lipinski definition) is 4. The zero-order valence-electron chi connectivity index (χ0n) is 14.3. The number of piperazine rings is 1. The summed E-state index contributed by atoms with van der Waals surface area (Å²) in [6.45, 7) is 4.55. The molecule has 1 aliphatic carbocycles. The Morgan fingerprint density at radius 3 is 2.50 bits per heavy atom. The molecule has 132 valence electrons. The standard InChI is InChI=1S/C19H29N3O2/c20-17-14-16(6-7-18(17)23)19(24)22-12-10-21(11-13-22)9-8-15-4-2-1-3-5-15/h1-5,16-18,23H,6-14,20H2/t16-,17+,18+/m0/s1. The number of nitrogens with two attached hydrogens (primary N) is 1. The van der Waals surface area contributed by atoms with Crippen molar-refractivity contribution in [3.63, 3.8) is 0 Å². The molecule has 0 unspecified atom stereocenters. The Morgan fingerprint density at radius 2 is 1.83 bits per heavy atom. The third-order valence-electron chi connectivity index (χ3n) is 5.45. The summed E-state index contributed by atoms with van der Waals surface area (Å²) in [4.78, 5) is 17.1. The Balaban J connectivity index is 1.42. The van der Waals surface area contributed by atoms with Crippen LogP contribution in [0.15, 0.2) is 30.3 Å². The number of rotatable bonds is 4. The summed E-state index contributed by atoms with van der Waals surface area (Å²) in [6, 6.07) is 10.3. The highest BCUT2D eigenvalue weighted by atomic mass is 16.3. The first kappa shape index (κ1) is 17.4. The minimum atomic E-state index is -0.441. The topological polar surface area (TPSA) is 69.8 Å². The highest BCUT2D eigenvalue weighted by molar-refractivity contribution is 5.79. The van der Waals surface area contributed by atoms with E-state index < -0.39 is 6.10 Å². The lowest BCUT2D eigenvalue weighted by atomic mass is 9.83. The van der Waals surface area contributed by atoms with Gasteiger partial charge in [0.05, 0.1) is 6.10 Å². The molecule has 2 aliphatic rings. The summed E-state index contributed by atoms with van der Waals surface area (Å²) in [5.74, 6) is 0.235. The minimum absolute atomic E-state index is 0.000677. The van der Waals surface area contributed by atoms with E-state index in [-0.39, 0.29) is 17.9 Å². The van der Waals surface area contributed by atoms with Gasteiger partial charge in [-0.3, -0.25) is 9.69 Å². The Hall–Kier alpha value is -1.43. The van der Waals surface area contributed by atoms with Crippen LogP contribution in [0.1, 0.15) is 24.8 Å². The molecule has 1 aliphatic heterocycles. The minimum Gasteiger partial charge on any atom is -0.392 e. The van der Waals surface area contributed by atoms with Crippen molar-refractivity contribution >= 4 is 5.91 Å². The molecule has 0 bridgehead atoms. The van der Waals surface area contributed by atoms with E-state index in [1.54, 1.807) is 0 Å². The molecule has 5 nitrogen and oxygen atoms in total. The lowest BCUT2D eigenvalue weighted by molar-refractivity contribution is -0.139. The molecule has 0 aromatic heterocycles. The summed E-state index contributed by atoms with van der Waals surface area (Å²) in [6.07, 6.45) is 2.65. The predicted molar refractivity (Wildman–Crippen MR) is 94.5 cm³/mol. The third kappa shape index (κ3) is 4.35. The largest absolute Gasteiger partial charge is 0.392 e. The molecule has 1 heterocycles. The van der Waals surface area contributed by atoms with Crippen molar-refractivity contribution in [1.82, 2.24) is 9.80 Å². The van der Waals surface area contributed by atoms with Crippen molar-refractivity contribution in [3.05, 3.63) is 35.9 Å². The van der Waals surface area contributed by atoms with Crippen molar-refractivity contribution in [3.8, 4) is 0 Å². The van der Waals surface area contributed by atoms with E-state index >= 15 is 0 Å². The summed E-state index contributed by atoms with van der Waals surface area (Å²) >= 11 is 0. The number of aliphatic hydroxyl groups is 1. The second kappa shape index (κ2) is 8.10. The Kier molecular flexibility index (Phi) is 5.87. The van der Waals surface area contributed by atoms with Crippen LogP contribution in [0, 0.1) is 5.92 Å². The number of benzene rings is 1. The first-order chi connectivity index (χ1) is 11.6. The fourth-order valence-electron chi connectivity index (χ4n) is 3.80. The van der Waals surface area contributed by atoms with E-state index in [1.165, 1.54) is 5.56 Å². The highest BCUT2D eigenvalue weighted by Gasteiger charge is 2.34. The highest BCUT2D eigenvalue weighted by Crippen LogP contribution is 2.25. The van der Waals surface area contributed by atoms with Gasteiger partial charge in [0.1, 0.15) is 0 Å². The maximum Gasteiger partial charge on any atom is 0.225 e. The van der Waals surface area contributed by atoms with E-state index in [0.29, 0.717) is 12.8 Å². The van der Waals surface area contributed by atoms with Gasteiger partial charge >= 0.3 is 0 Å². The summed E-state index contributed by atoms with van der Waals surface area (Å²) in [7, 11) is 0. The fraction of sp³-hybridized carbons (Fsp3) is 0.632. The molecule has 0 spiro atoms. The molecule has 24 heavy (non-hydrogen) atoms. The average molecular weight is 331 g/mol. The Bertz CT molecular complexity index is 529. The summed E-state index contributed by atoms with van der Waals surface area (Å²) in [5, 5.41) is 9.72.